The summed E-state index contributed by atoms with van der Waals surface area (Å²) in [6, 6.07) is 9.18. The van der Waals surface area contributed by atoms with E-state index in [1.54, 1.807) is 6.07 Å². The van der Waals surface area contributed by atoms with Crippen molar-refractivity contribution in [3.63, 3.8) is 0 Å². The van der Waals surface area contributed by atoms with E-state index in [4.69, 9.17) is 10.2 Å². The molecule has 0 atom stereocenters. The van der Waals surface area contributed by atoms with Crippen LogP contribution in [0.4, 0.5) is 5.69 Å². The predicted octanol–water partition coefficient (Wildman–Crippen LogP) is 3.64. The maximum Gasteiger partial charge on any atom is 0.153 e. The lowest BCUT2D eigenvalue weighted by Gasteiger charge is -2.01. The molecule has 1 heterocycles. The van der Waals surface area contributed by atoms with Gasteiger partial charge in [-0.3, -0.25) is 0 Å². The Morgan fingerprint density at radius 2 is 2.00 bits per heavy atom. The molecule has 0 bridgehead atoms. The molecule has 3 nitrogen and oxygen atoms in total. The average Bonchev–Trinajstić information content (AvgIpc) is 2.66. The van der Waals surface area contributed by atoms with Crippen LogP contribution in [0.25, 0.3) is 21.9 Å². The molecule has 0 radical (unpaired) electrons. The van der Waals surface area contributed by atoms with Gasteiger partial charge in [-0.05, 0) is 28.1 Å². The van der Waals surface area contributed by atoms with Gasteiger partial charge in [0, 0.05) is 5.39 Å². The van der Waals surface area contributed by atoms with Crippen LogP contribution in [0.5, 0.6) is 5.75 Å². The summed E-state index contributed by atoms with van der Waals surface area (Å²) in [5.41, 5.74) is 7.41. The molecule has 3 aromatic rings. The van der Waals surface area contributed by atoms with Crippen molar-refractivity contribution in [1.82, 2.24) is 0 Å². The van der Waals surface area contributed by atoms with E-state index in [1.807, 2.05) is 24.3 Å². The van der Waals surface area contributed by atoms with Crippen molar-refractivity contribution in [3.05, 3.63) is 34.8 Å². The second-order valence-electron chi connectivity index (χ2n) is 3.60. The van der Waals surface area contributed by atoms with Crippen molar-refractivity contribution in [2.24, 2.45) is 0 Å². The first-order chi connectivity index (χ1) is 7.68. The third-order valence-electron chi connectivity index (χ3n) is 2.60. The van der Waals surface area contributed by atoms with E-state index in [0.717, 1.165) is 15.4 Å². The molecule has 3 rings (SSSR count). The lowest BCUT2D eigenvalue weighted by molar-refractivity contribution is 0.484. The van der Waals surface area contributed by atoms with Gasteiger partial charge in [-0.15, -0.1) is 0 Å². The Morgan fingerprint density at radius 1 is 1.25 bits per heavy atom. The lowest BCUT2D eigenvalue weighted by atomic mass is 10.1. The van der Waals surface area contributed by atoms with Gasteiger partial charge in [0.2, 0.25) is 0 Å². The summed E-state index contributed by atoms with van der Waals surface area (Å²) in [5.74, 6) is 0.0724. The minimum Gasteiger partial charge on any atom is -0.505 e. The molecule has 0 amide bonds. The number of nitrogen functional groups attached to an aromatic ring is 1. The number of hydrogen-bond acceptors (Lipinski definition) is 3. The number of aromatic hydroxyl groups is 1. The summed E-state index contributed by atoms with van der Waals surface area (Å²) in [6.07, 6.45) is 0. The number of fused-ring (bicyclic) bond motifs is 3. The third-order valence-corrected chi connectivity index (χ3v) is 3.19. The van der Waals surface area contributed by atoms with Gasteiger partial charge < -0.3 is 15.3 Å². The van der Waals surface area contributed by atoms with Crippen molar-refractivity contribution in [1.29, 1.82) is 0 Å². The predicted molar refractivity (Wildman–Crippen MR) is 67.5 cm³/mol. The van der Waals surface area contributed by atoms with Crippen LogP contribution >= 0.6 is 15.9 Å². The second kappa shape index (κ2) is 3.15. The molecular formula is C12H8BrNO2. The molecule has 4 heteroatoms. The van der Waals surface area contributed by atoms with Crippen molar-refractivity contribution in [2.75, 3.05) is 5.73 Å². The van der Waals surface area contributed by atoms with Crippen LogP contribution in [0.3, 0.4) is 0 Å². The molecule has 0 unspecified atom stereocenters. The molecule has 2 aromatic carbocycles. The summed E-state index contributed by atoms with van der Waals surface area (Å²) in [6.45, 7) is 0. The summed E-state index contributed by atoms with van der Waals surface area (Å²) < 4.78 is 6.40. The summed E-state index contributed by atoms with van der Waals surface area (Å²) in [7, 11) is 0. The molecule has 0 aliphatic rings. The van der Waals surface area contributed by atoms with Crippen LogP contribution < -0.4 is 5.73 Å². The van der Waals surface area contributed by atoms with Crippen molar-refractivity contribution < 1.29 is 9.52 Å². The summed E-state index contributed by atoms with van der Waals surface area (Å²) >= 11 is 3.38. The molecule has 0 aliphatic heterocycles. The fourth-order valence-corrected chi connectivity index (χ4v) is 2.39. The van der Waals surface area contributed by atoms with Gasteiger partial charge in [-0.2, -0.15) is 0 Å². The Bertz CT molecular complexity index is 703. The van der Waals surface area contributed by atoms with Crippen molar-refractivity contribution >= 4 is 43.6 Å². The maximum absolute atomic E-state index is 9.96. The number of hydrogen-bond donors (Lipinski definition) is 2. The lowest BCUT2D eigenvalue weighted by Crippen LogP contribution is -1.85. The molecule has 0 saturated carbocycles. The van der Waals surface area contributed by atoms with Gasteiger partial charge in [0.15, 0.2) is 5.58 Å². The topological polar surface area (TPSA) is 59.4 Å². The van der Waals surface area contributed by atoms with Gasteiger partial charge >= 0.3 is 0 Å². The number of anilines is 1. The van der Waals surface area contributed by atoms with E-state index < -0.39 is 0 Å². The minimum atomic E-state index is 0.0724. The van der Waals surface area contributed by atoms with Crippen LogP contribution in [-0.4, -0.2) is 5.11 Å². The molecule has 0 spiro atoms. The number of furan rings is 1. The number of phenols is 1. The van der Waals surface area contributed by atoms with E-state index in [0.29, 0.717) is 16.7 Å². The average molecular weight is 278 g/mol. The monoisotopic (exact) mass is 277 g/mol. The molecule has 0 saturated heterocycles. The van der Waals surface area contributed by atoms with Gasteiger partial charge in [-0.1, -0.05) is 18.2 Å². The fraction of sp³-hybridized carbons (Fsp3) is 0. The van der Waals surface area contributed by atoms with Crippen LogP contribution in [0.2, 0.25) is 0 Å². The van der Waals surface area contributed by atoms with Crippen LogP contribution in [-0.2, 0) is 0 Å². The molecule has 80 valence electrons. The molecule has 16 heavy (non-hydrogen) atoms. The highest BCUT2D eigenvalue weighted by molar-refractivity contribution is 9.10. The standard InChI is InChI=1S/C12H8BrNO2/c13-7-5-8(14)11(15)10-6-3-1-2-4-9(6)16-12(7)10/h1-5,15H,14H2. The Hall–Kier alpha value is -1.68. The highest BCUT2D eigenvalue weighted by atomic mass is 79.9. The first kappa shape index (κ1) is 9.54. The molecule has 3 N–H and O–H groups in total. The molecule has 0 aliphatic carbocycles. The first-order valence-corrected chi connectivity index (χ1v) is 5.56. The fourth-order valence-electron chi connectivity index (χ4n) is 1.86. The van der Waals surface area contributed by atoms with Crippen molar-refractivity contribution in [2.45, 2.75) is 0 Å². The number of phenolic OH excluding ortho intramolecular Hbond substituents is 1. The maximum atomic E-state index is 9.96. The Balaban J connectivity index is 2.66. The normalized spacial score (nSPS) is 11.3. The summed E-state index contributed by atoms with van der Waals surface area (Å²) in [5, 5.41) is 11.5. The Kier molecular flexibility index (Phi) is 1.88. The highest BCUT2D eigenvalue weighted by Crippen LogP contribution is 2.42. The number of nitrogens with two attached hydrogens (primary N) is 1. The quantitative estimate of drug-likeness (QED) is 0.487. The zero-order chi connectivity index (χ0) is 11.3. The third kappa shape index (κ3) is 1.13. The highest BCUT2D eigenvalue weighted by Gasteiger charge is 2.15. The number of halogens is 1. The van der Waals surface area contributed by atoms with Gasteiger partial charge in [0.1, 0.15) is 11.3 Å². The zero-order valence-corrected chi connectivity index (χ0v) is 9.78. The second-order valence-corrected chi connectivity index (χ2v) is 4.45. The van der Waals surface area contributed by atoms with E-state index in [2.05, 4.69) is 15.9 Å². The largest absolute Gasteiger partial charge is 0.505 e. The van der Waals surface area contributed by atoms with Crippen LogP contribution in [0, 0.1) is 0 Å². The van der Waals surface area contributed by atoms with Gasteiger partial charge in [0.05, 0.1) is 15.5 Å². The van der Waals surface area contributed by atoms with Gasteiger partial charge in [-0.25, -0.2) is 0 Å². The van der Waals surface area contributed by atoms with Crippen LogP contribution in [0.15, 0.2) is 39.2 Å². The minimum absolute atomic E-state index is 0.0724. The number of rotatable bonds is 0. The van der Waals surface area contributed by atoms with E-state index in [-0.39, 0.29) is 5.75 Å². The molecular weight excluding hydrogens is 270 g/mol. The van der Waals surface area contributed by atoms with Gasteiger partial charge in [0.25, 0.3) is 0 Å². The van der Waals surface area contributed by atoms with E-state index in [1.165, 1.54) is 0 Å². The van der Waals surface area contributed by atoms with Crippen LogP contribution in [0.1, 0.15) is 0 Å². The number of benzene rings is 2. The van der Waals surface area contributed by atoms with E-state index in [9.17, 15) is 5.11 Å². The Morgan fingerprint density at radius 3 is 2.81 bits per heavy atom. The van der Waals surface area contributed by atoms with Crippen molar-refractivity contribution in [3.8, 4) is 5.75 Å². The number of para-hydroxylation sites is 1. The van der Waals surface area contributed by atoms with E-state index >= 15 is 0 Å². The molecule has 1 aromatic heterocycles. The first-order valence-electron chi connectivity index (χ1n) is 4.76. The zero-order valence-electron chi connectivity index (χ0n) is 8.20. The smallest absolute Gasteiger partial charge is 0.153 e. The summed E-state index contributed by atoms with van der Waals surface area (Å²) in [4.78, 5) is 0. The Labute approximate surface area is 99.6 Å². The molecule has 0 fully saturated rings. The SMILES string of the molecule is Nc1cc(Br)c2oc3ccccc3c2c1O.